The fraction of sp³-hybridized carbons (Fsp3) is 0.0909. The van der Waals surface area contributed by atoms with E-state index in [9.17, 15) is 22.0 Å². The fourth-order valence-corrected chi connectivity index (χ4v) is 3.18. The van der Waals surface area contributed by atoms with Gasteiger partial charge in [0.15, 0.2) is 11.6 Å². The first-order chi connectivity index (χ1) is 14.2. The van der Waals surface area contributed by atoms with Gasteiger partial charge in [-0.15, -0.1) is 12.4 Å². The summed E-state index contributed by atoms with van der Waals surface area (Å²) in [7, 11) is 1.45. The molecular formula is C22H16ClF5N2O. The number of hydrogen-bond acceptors (Lipinski definition) is 2. The number of benzene rings is 3. The van der Waals surface area contributed by atoms with E-state index in [0.29, 0.717) is 33.6 Å². The molecule has 162 valence electrons. The highest BCUT2D eigenvalue weighted by Crippen LogP contribution is 2.36. The molecule has 0 atom stereocenters. The fourth-order valence-electron chi connectivity index (χ4n) is 3.18. The Hall–Kier alpha value is -3.26. The molecule has 31 heavy (non-hydrogen) atoms. The van der Waals surface area contributed by atoms with Crippen LogP contribution in [0.25, 0.3) is 22.2 Å². The molecule has 0 bridgehead atoms. The molecule has 0 radical (unpaired) electrons. The molecule has 0 unspecified atom stereocenters. The Morgan fingerprint density at radius 1 is 0.903 bits per heavy atom. The third-order valence-corrected chi connectivity index (χ3v) is 4.64. The summed E-state index contributed by atoms with van der Waals surface area (Å²) in [4.78, 5) is 3.01. The van der Waals surface area contributed by atoms with Crippen molar-refractivity contribution in [2.75, 3.05) is 12.4 Å². The van der Waals surface area contributed by atoms with Crippen molar-refractivity contribution in [2.45, 2.75) is 6.18 Å². The van der Waals surface area contributed by atoms with E-state index in [2.05, 4.69) is 10.3 Å². The first-order valence-electron chi connectivity index (χ1n) is 8.85. The maximum Gasteiger partial charge on any atom is 0.416 e. The Kier molecular flexibility index (Phi) is 6.13. The lowest BCUT2D eigenvalue weighted by molar-refractivity contribution is -0.137. The van der Waals surface area contributed by atoms with Crippen molar-refractivity contribution in [1.82, 2.24) is 4.98 Å². The monoisotopic (exact) mass is 454 g/mol. The molecule has 0 aliphatic rings. The van der Waals surface area contributed by atoms with E-state index in [0.717, 1.165) is 24.3 Å². The summed E-state index contributed by atoms with van der Waals surface area (Å²) < 4.78 is 71.2. The third-order valence-electron chi connectivity index (χ3n) is 4.64. The number of aromatic nitrogens is 1. The van der Waals surface area contributed by atoms with Crippen molar-refractivity contribution in [3.8, 4) is 17.0 Å². The van der Waals surface area contributed by atoms with Gasteiger partial charge in [-0.2, -0.15) is 13.2 Å². The van der Waals surface area contributed by atoms with E-state index in [1.165, 1.54) is 19.2 Å². The van der Waals surface area contributed by atoms with Gasteiger partial charge < -0.3 is 15.0 Å². The number of nitrogens with one attached hydrogen (secondary N) is 2. The predicted molar refractivity (Wildman–Crippen MR) is 112 cm³/mol. The van der Waals surface area contributed by atoms with Gasteiger partial charge in [0.25, 0.3) is 0 Å². The van der Waals surface area contributed by atoms with Crippen LogP contribution in [0.5, 0.6) is 5.75 Å². The Morgan fingerprint density at radius 3 is 2.35 bits per heavy atom. The molecule has 1 aromatic heterocycles. The van der Waals surface area contributed by atoms with E-state index < -0.39 is 23.4 Å². The second kappa shape index (κ2) is 8.47. The SMILES string of the molecule is COc1ccc(-c2cc3cc(F)c(F)cc3[nH]2)cc1Nc1cccc(C(F)(F)F)c1.Cl. The first kappa shape index (κ1) is 22.4. The van der Waals surface area contributed by atoms with Crippen LogP contribution in [0, 0.1) is 11.6 Å². The number of rotatable bonds is 4. The summed E-state index contributed by atoms with van der Waals surface area (Å²) in [5.74, 6) is -1.49. The molecule has 0 aliphatic heterocycles. The van der Waals surface area contributed by atoms with Crippen LogP contribution in [0.3, 0.4) is 0 Å². The van der Waals surface area contributed by atoms with Crippen molar-refractivity contribution in [3.05, 3.63) is 77.9 Å². The van der Waals surface area contributed by atoms with Gasteiger partial charge in [-0.3, -0.25) is 0 Å². The molecule has 0 aliphatic carbocycles. The first-order valence-corrected chi connectivity index (χ1v) is 8.85. The standard InChI is InChI=1S/C22H15F5N2O.ClH/c1-30-21-6-5-12(18-9-13-7-16(23)17(24)11-19(13)29-18)8-20(21)28-15-4-2-3-14(10-15)22(25,26)27;/h2-11,28-29H,1H3;1H. The van der Waals surface area contributed by atoms with Crippen molar-refractivity contribution in [3.63, 3.8) is 0 Å². The number of alkyl halides is 3. The normalized spacial score (nSPS) is 11.3. The van der Waals surface area contributed by atoms with Gasteiger partial charge in [0.1, 0.15) is 5.75 Å². The highest BCUT2D eigenvalue weighted by molar-refractivity contribution is 5.87. The van der Waals surface area contributed by atoms with Crippen molar-refractivity contribution in [1.29, 1.82) is 0 Å². The number of methoxy groups -OCH3 is 1. The molecule has 3 aromatic carbocycles. The number of ether oxygens (including phenoxy) is 1. The molecule has 0 fully saturated rings. The van der Waals surface area contributed by atoms with E-state index in [-0.39, 0.29) is 18.1 Å². The van der Waals surface area contributed by atoms with Crippen LogP contribution < -0.4 is 10.1 Å². The van der Waals surface area contributed by atoms with Gasteiger partial charge in [-0.1, -0.05) is 6.07 Å². The van der Waals surface area contributed by atoms with Gasteiger partial charge in [0, 0.05) is 33.9 Å². The van der Waals surface area contributed by atoms with Crippen LogP contribution in [-0.4, -0.2) is 12.1 Å². The molecule has 0 amide bonds. The molecule has 4 rings (SSSR count). The molecule has 0 spiro atoms. The number of hydrogen-bond donors (Lipinski definition) is 2. The Labute approximate surface area is 180 Å². The van der Waals surface area contributed by atoms with Crippen LogP contribution in [0.1, 0.15) is 5.56 Å². The zero-order valence-electron chi connectivity index (χ0n) is 16.0. The van der Waals surface area contributed by atoms with E-state index in [1.54, 1.807) is 24.3 Å². The summed E-state index contributed by atoms with van der Waals surface area (Å²) in [5, 5.41) is 3.43. The average Bonchev–Trinajstić information content (AvgIpc) is 3.10. The summed E-state index contributed by atoms with van der Waals surface area (Å²) in [6.07, 6.45) is -4.46. The van der Waals surface area contributed by atoms with Gasteiger partial charge in [0.2, 0.25) is 0 Å². The quantitative estimate of drug-likeness (QED) is 0.317. The minimum Gasteiger partial charge on any atom is -0.495 e. The summed E-state index contributed by atoms with van der Waals surface area (Å²) in [6.45, 7) is 0. The molecule has 2 N–H and O–H groups in total. The molecule has 1 heterocycles. The molecule has 3 nitrogen and oxygen atoms in total. The topological polar surface area (TPSA) is 37.0 Å². The predicted octanol–water partition coefficient (Wildman–Crippen LogP) is 7.31. The summed E-state index contributed by atoms with van der Waals surface area (Å²) >= 11 is 0. The van der Waals surface area contributed by atoms with Crippen molar-refractivity contribution < 1.29 is 26.7 Å². The number of halogens is 6. The smallest absolute Gasteiger partial charge is 0.416 e. The molecular weight excluding hydrogens is 439 g/mol. The van der Waals surface area contributed by atoms with Crippen LogP contribution in [0.2, 0.25) is 0 Å². The number of aromatic amines is 1. The Balaban J connectivity index is 0.00000272. The van der Waals surface area contributed by atoms with Crippen molar-refractivity contribution in [2.24, 2.45) is 0 Å². The highest BCUT2D eigenvalue weighted by Gasteiger charge is 2.30. The van der Waals surface area contributed by atoms with Gasteiger partial charge in [-0.25, -0.2) is 8.78 Å². The molecule has 9 heteroatoms. The van der Waals surface area contributed by atoms with E-state index in [1.807, 2.05) is 0 Å². The lowest BCUT2D eigenvalue weighted by Crippen LogP contribution is -2.05. The zero-order valence-corrected chi connectivity index (χ0v) is 16.8. The van der Waals surface area contributed by atoms with E-state index in [4.69, 9.17) is 4.74 Å². The van der Waals surface area contributed by atoms with Crippen LogP contribution in [0.4, 0.5) is 33.3 Å². The minimum atomic E-state index is -4.46. The second-order valence-corrected chi connectivity index (χ2v) is 6.66. The Bertz CT molecular complexity index is 1200. The molecule has 4 aromatic rings. The van der Waals surface area contributed by atoms with Crippen molar-refractivity contribution >= 4 is 34.7 Å². The van der Waals surface area contributed by atoms with Crippen LogP contribution in [-0.2, 0) is 6.18 Å². The van der Waals surface area contributed by atoms with Crippen LogP contribution in [0.15, 0.2) is 60.7 Å². The molecule has 0 saturated carbocycles. The van der Waals surface area contributed by atoms with E-state index >= 15 is 0 Å². The number of anilines is 2. The van der Waals surface area contributed by atoms with Gasteiger partial charge in [-0.05, 0) is 48.5 Å². The zero-order chi connectivity index (χ0) is 21.5. The highest BCUT2D eigenvalue weighted by atomic mass is 35.5. The van der Waals surface area contributed by atoms with Gasteiger partial charge >= 0.3 is 6.18 Å². The maximum atomic E-state index is 13.5. The Morgan fingerprint density at radius 2 is 1.65 bits per heavy atom. The average molecular weight is 455 g/mol. The summed E-state index contributed by atoms with van der Waals surface area (Å²) in [6, 6.07) is 13.7. The largest absolute Gasteiger partial charge is 0.495 e. The minimum absolute atomic E-state index is 0. The lowest BCUT2D eigenvalue weighted by Gasteiger charge is -2.14. The summed E-state index contributed by atoms with van der Waals surface area (Å²) in [5.41, 5.74) is 1.56. The third kappa shape index (κ3) is 4.59. The van der Waals surface area contributed by atoms with Crippen LogP contribution >= 0.6 is 12.4 Å². The number of fused-ring (bicyclic) bond motifs is 1. The second-order valence-electron chi connectivity index (χ2n) is 6.66. The lowest BCUT2D eigenvalue weighted by atomic mass is 10.1. The van der Waals surface area contributed by atoms with Gasteiger partial charge in [0.05, 0.1) is 18.4 Å². The molecule has 0 saturated heterocycles. The number of H-pyrrole nitrogens is 1. The maximum absolute atomic E-state index is 13.5.